The first-order chi connectivity index (χ1) is 17.7. The predicted molar refractivity (Wildman–Crippen MR) is 135 cm³/mol. The van der Waals surface area contributed by atoms with Gasteiger partial charge in [0.25, 0.3) is 5.91 Å². The molecule has 0 spiro atoms. The zero-order valence-corrected chi connectivity index (χ0v) is 19.6. The lowest BCUT2D eigenvalue weighted by molar-refractivity contribution is -0.286. The van der Waals surface area contributed by atoms with Gasteiger partial charge >= 0.3 is 6.29 Å². The van der Waals surface area contributed by atoms with Gasteiger partial charge in [-0.1, -0.05) is 18.2 Å². The maximum Gasteiger partial charge on any atom is 0.586 e. The van der Waals surface area contributed by atoms with Gasteiger partial charge in [0.05, 0.1) is 18.1 Å². The Kier molecular flexibility index (Phi) is 6.18. The van der Waals surface area contributed by atoms with Crippen LogP contribution in [0.3, 0.4) is 0 Å². The summed E-state index contributed by atoms with van der Waals surface area (Å²) in [5, 5.41) is 9.03. The SMILES string of the molecule is Cc1ccc(NCc2ccc3c(c2)OC(F)(F)O3)cc1C(=O)Nc1cnc(Nc2cccc(N)c2)nc1. The number of fused-ring (bicyclic) bond motifs is 1. The molecule has 37 heavy (non-hydrogen) atoms. The van der Waals surface area contributed by atoms with E-state index in [1.54, 1.807) is 24.3 Å². The number of carbonyl (C=O) groups excluding carboxylic acids is 1. The van der Waals surface area contributed by atoms with Crippen LogP contribution >= 0.6 is 0 Å². The lowest BCUT2D eigenvalue weighted by atomic mass is 10.1. The lowest BCUT2D eigenvalue weighted by Crippen LogP contribution is -2.25. The quantitative estimate of drug-likeness (QED) is 0.250. The normalized spacial score (nSPS) is 13.2. The zero-order chi connectivity index (χ0) is 26.0. The van der Waals surface area contributed by atoms with Crippen LogP contribution in [0.4, 0.5) is 37.5 Å². The van der Waals surface area contributed by atoms with E-state index in [2.05, 4.69) is 35.4 Å². The highest BCUT2D eigenvalue weighted by Crippen LogP contribution is 2.41. The Morgan fingerprint density at radius 1 is 0.946 bits per heavy atom. The number of nitrogens with one attached hydrogen (secondary N) is 3. The first kappa shape index (κ1) is 23.8. The number of carbonyl (C=O) groups is 1. The van der Waals surface area contributed by atoms with Crippen molar-refractivity contribution in [3.8, 4) is 11.5 Å². The van der Waals surface area contributed by atoms with E-state index in [9.17, 15) is 13.6 Å². The van der Waals surface area contributed by atoms with Crippen molar-refractivity contribution >= 4 is 34.6 Å². The first-order valence-electron chi connectivity index (χ1n) is 11.2. The molecule has 0 bridgehead atoms. The first-order valence-corrected chi connectivity index (χ1v) is 11.2. The van der Waals surface area contributed by atoms with E-state index in [1.165, 1.54) is 24.5 Å². The Labute approximate surface area is 210 Å². The molecule has 0 saturated heterocycles. The number of hydrogen-bond acceptors (Lipinski definition) is 8. The van der Waals surface area contributed by atoms with Crippen LogP contribution in [0.5, 0.6) is 11.5 Å². The number of anilines is 5. The maximum absolute atomic E-state index is 13.2. The van der Waals surface area contributed by atoms with Crippen molar-refractivity contribution in [2.75, 3.05) is 21.7 Å². The molecule has 188 valence electrons. The Balaban J connectivity index is 1.22. The molecular weight excluding hydrogens is 482 g/mol. The van der Waals surface area contributed by atoms with Gasteiger partial charge in [-0.05, 0) is 60.5 Å². The van der Waals surface area contributed by atoms with Gasteiger partial charge in [-0.3, -0.25) is 4.79 Å². The third-order valence-electron chi connectivity index (χ3n) is 5.50. The van der Waals surface area contributed by atoms with Crippen LogP contribution in [0.2, 0.25) is 0 Å². The fraction of sp³-hybridized carbons (Fsp3) is 0.115. The van der Waals surface area contributed by atoms with Crippen molar-refractivity contribution in [2.45, 2.75) is 19.8 Å². The molecule has 0 saturated carbocycles. The summed E-state index contributed by atoms with van der Waals surface area (Å²) in [5.41, 5.74) is 10.2. The molecular formula is C26H22F2N6O3. The standard InChI is InChI=1S/C26H22F2N6O3/c1-15-5-7-18(30-12-16-6-8-22-23(9-16)37-26(27,28)36-22)11-21(15)24(35)33-20-13-31-25(32-14-20)34-19-4-2-3-17(29)10-19/h2-11,13-14,30H,12,29H2,1H3,(H,33,35)(H,31,32,34). The van der Waals surface area contributed by atoms with Crippen molar-refractivity contribution in [1.82, 2.24) is 9.97 Å². The summed E-state index contributed by atoms with van der Waals surface area (Å²) in [4.78, 5) is 21.4. The van der Waals surface area contributed by atoms with E-state index in [-0.39, 0.29) is 17.4 Å². The minimum Gasteiger partial charge on any atom is -0.399 e. The molecule has 5 N–H and O–H groups in total. The number of alkyl halides is 2. The van der Waals surface area contributed by atoms with E-state index in [0.29, 0.717) is 40.7 Å². The van der Waals surface area contributed by atoms with Crippen LogP contribution in [0.15, 0.2) is 73.1 Å². The van der Waals surface area contributed by atoms with Crippen molar-refractivity contribution < 1.29 is 23.0 Å². The molecule has 9 nitrogen and oxygen atoms in total. The maximum atomic E-state index is 13.2. The van der Waals surface area contributed by atoms with Gasteiger partial charge in [0, 0.05) is 29.2 Å². The number of aryl methyl sites for hydroxylation is 1. The summed E-state index contributed by atoms with van der Waals surface area (Å²) in [5.74, 6) is -0.00461. The van der Waals surface area contributed by atoms with Crippen molar-refractivity contribution in [1.29, 1.82) is 0 Å². The second kappa shape index (κ2) is 9.61. The monoisotopic (exact) mass is 504 g/mol. The highest BCUT2D eigenvalue weighted by Gasteiger charge is 2.43. The Morgan fingerprint density at radius 2 is 1.73 bits per heavy atom. The number of ether oxygens (including phenoxy) is 2. The van der Waals surface area contributed by atoms with Gasteiger partial charge in [0.2, 0.25) is 5.95 Å². The third kappa shape index (κ3) is 5.67. The number of rotatable bonds is 7. The number of hydrogen-bond donors (Lipinski definition) is 4. The van der Waals surface area contributed by atoms with E-state index in [0.717, 1.165) is 11.3 Å². The van der Waals surface area contributed by atoms with Gasteiger partial charge in [-0.25, -0.2) is 9.97 Å². The largest absolute Gasteiger partial charge is 0.586 e. The average molecular weight is 504 g/mol. The smallest absolute Gasteiger partial charge is 0.399 e. The van der Waals surface area contributed by atoms with Gasteiger partial charge in [-0.2, -0.15) is 0 Å². The van der Waals surface area contributed by atoms with E-state index >= 15 is 0 Å². The molecule has 5 rings (SSSR count). The Bertz CT molecular complexity index is 1460. The van der Waals surface area contributed by atoms with Crippen LogP contribution < -0.4 is 31.2 Å². The number of nitrogens with two attached hydrogens (primary N) is 1. The molecule has 1 amide bonds. The minimum atomic E-state index is -3.66. The van der Waals surface area contributed by atoms with Gasteiger partial charge in [0.15, 0.2) is 11.5 Å². The van der Waals surface area contributed by atoms with Crippen LogP contribution in [-0.4, -0.2) is 22.2 Å². The molecule has 3 aromatic carbocycles. The van der Waals surface area contributed by atoms with Crippen LogP contribution in [-0.2, 0) is 6.54 Å². The Morgan fingerprint density at radius 3 is 2.51 bits per heavy atom. The molecule has 1 aliphatic heterocycles. The number of benzene rings is 3. The summed E-state index contributed by atoms with van der Waals surface area (Å²) in [6.45, 7) is 2.15. The lowest BCUT2D eigenvalue weighted by Gasteiger charge is -2.12. The van der Waals surface area contributed by atoms with Crippen molar-refractivity contribution in [3.05, 3.63) is 89.7 Å². The Hall–Kier alpha value is -4.93. The number of nitrogen functional groups attached to an aromatic ring is 1. The summed E-state index contributed by atoms with van der Waals surface area (Å²) in [7, 11) is 0. The second-order valence-corrected chi connectivity index (χ2v) is 8.33. The number of aromatic nitrogens is 2. The number of nitrogens with zero attached hydrogens (tertiary/aromatic N) is 2. The molecule has 1 aromatic heterocycles. The molecule has 0 unspecified atom stereocenters. The fourth-order valence-corrected chi connectivity index (χ4v) is 3.69. The highest BCUT2D eigenvalue weighted by molar-refractivity contribution is 6.05. The summed E-state index contributed by atoms with van der Waals surface area (Å²) < 4.78 is 35.4. The number of halogens is 2. The van der Waals surface area contributed by atoms with Crippen LogP contribution in [0.25, 0.3) is 0 Å². The highest BCUT2D eigenvalue weighted by atomic mass is 19.3. The van der Waals surface area contributed by atoms with Crippen LogP contribution in [0, 0.1) is 6.92 Å². The molecule has 0 aliphatic carbocycles. The van der Waals surface area contributed by atoms with E-state index in [1.807, 2.05) is 31.2 Å². The average Bonchev–Trinajstić information content (AvgIpc) is 3.17. The summed E-state index contributed by atoms with van der Waals surface area (Å²) in [6, 6.07) is 17.1. The zero-order valence-electron chi connectivity index (χ0n) is 19.6. The molecule has 4 aromatic rings. The second-order valence-electron chi connectivity index (χ2n) is 8.33. The molecule has 0 atom stereocenters. The van der Waals surface area contributed by atoms with Gasteiger partial charge in [0.1, 0.15) is 0 Å². The van der Waals surface area contributed by atoms with Crippen molar-refractivity contribution in [2.24, 2.45) is 0 Å². The molecule has 2 heterocycles. The third-order valence-corrected chi connectivity index (χ3v) is 5.50. The number of amides is 1. The topological polar surface area (TPSA) is 123 Å². The summed E-state index contributed by atoms with van der Waals surface area (Å²) in [6.07, 6.45) is -0.661. The van der Waals surface area contributed by atoms with Crippen LogP contribution in [0.1, 0.15) is 21.5 Å². The van der Waals surface area contributed by atoms with E-state index < -0.39 is 6.29 Å². The molecule has 11 heteroatoms. The molecule has 1 aliphatic rings. The fourth-order valence-electron chi connectivity index (χ4n) is 3.69. The molecule has 0 radical (unpaired) electrons. The summed E-state index contributed by atoms with van der Waals surface area (Å²) >= 11 is 0. The van der Waals surface area contributed by atoms with Crippen molar-refractivity contribution in [3.63, 3.8) is 0 Å². The van der Waals surface area contributed by atoms with E-state index in [4.69, 9.17) is 5.73 Å². The van der Waals surface area contributed by atoms with Gasteiger partial charge in [-0.15, -0.1) is 8.78 Å². The van der Waals surface area contributed by atoms with Gasteiger partial charge < -0.3 is 31.2 Å². The molecule has 0 fully saturated rings. The predicted octanol–water partition coefficient (Wildman–Crippen LogP) is 5.30. The minimum absolute atomic E-state index is 0.0133.